The average molecular weight is 519 g/mol. The van der Waals surface area contributed by atoms with Crippen molar-refractivity contribution in [1.82, 2.24) is 29.9 Å². The Labute approximate surface area is 223 Å². The van der Waals surface area contributed by atoms with Gasteiger partial charge in [0.05, 0.1) is 11.3 Å². The van der Waals surface area contributed by atoms with Gasteiger partial charge < -0.3 is 20.4 Å². The molecule has 0 atom stereocenters. The predicted molar refractivity (Wildman–Crippen MR) is 149 cm³/mol. The number of rotatable bonds is 7. The van der Waals surface area contributed by atoms with Crippen LogP contribution < -0.4 is 11.0 Å². The first-order valence-corrected chi connectivity index (χ1v) is 13.5. The van der Waals surface area contributed by atoms with Crippen LogP contribution in [0.1, 0.15) is 43.7 Å². The van der Waals surface area contributed by atoms with E-state index in [4.69, 9.17) is 0 Å². The smallest absolute Gasteiger partial charge is 0.348 e. The first kappa shape index (κ1) is 26.1. The van der Waals surface area contributed by atoms with Crippen molar-refractivity contribution in [2.24, 2.45) is 5.92 Å². The molecule has 2 aliphatic heterocycles. The minimum atomic E-state index is -0.391. The number of nitrogens with one attached hydrogen (secondary N) is 2. The van der Waals surface area contributed by atoms with Crippen molar-refractivity contribution in [1.29, 1.82) is 0 Å². The Morgan fingerprint density at radius 2 is 1.74 bits per heavy atom. The zero-order valence-electron chi connectivity index (χ0n) is 22.3. The summed E-state index contributed by atoms with van der Waals surface area (Å²) in [5.41, 5.74) is 3.82. The highest BCUT2D eigenvalue weighted by Gasteiger charge is 2.25. The topological polar surface area (TPSA) is 110 Å². The first-order valence-electron chi connectivity index (χ1n) is 13.5. The van der Waals surface area contributed by atoms with Gasteiger partial charge in [0.15, 0.2) is 5.82 Å². The van der Waals surface area contributed by atoms with Crippen molar-refractivity contribution < 1.29 is 10.2 Å². The van der Waals surface area contributed by atoms with Gasteiger partial charge >= 0.3 is 5.69 Å². The molecule has 0 bridgehead atoms. The van der Waals surface area contributed by atoms with Gasteiger partial charge in [-0.15, -0.1) is 0 Å². The Balaban J connectivity index is 1.27. The van der Waals surface area contributed by atoms with Gasteiger partial charge in [-0.25, -0.2) is 14.5 Å². The van der Waals surface area contributed by atoms with Gasteiger partial charge in [0.2, 0.25) is 0 Å². The molecule has 1 aromatic heterocycles. The van der Waals surface area contributed by atoms with Crippen LogP contribution in [0.3, 0.4) is 0 Å². The molecule has 0 unspecified atom stereocenters. The zero-order valence-corrected chi connectivity index (χ0v) is 22.3. The van der Waals surface area contributed by atoms with Crippen LogP contribution in [0.4, 0.5) is 0 Å². The molecule has 202 valence electrons. The second-order valence-electron chi connectivity index (χ2n) is 10.7. The van der Waals surface area contributed by atoms with Gasteiger partial charge in [0.25, 0.3) is 0 Å². The average Bonchev–Trinajstić information content (AvgIpc) is 3.30. The molecular formula is C29H38N6O3. The van der Waals surface area contributed by atoms with Crippen molar-refractivity contribution >= 4 is 0 Å². The molecule has 0 aliphatic carbocycles. The Hall–Kier alpha value is -3.56. The van der Waals surface area contributed by atoms with E-state index in [0.29, 0.717) is 28.6 Å². The summed E-state index contributed by atoms with van der Waals surface area (Å²) in [7, 11) is 0. The van der Waals surface area contributed by atoms with E-state index in [0.717, 1.165) is 58.7 Å². The van der Waals surface area contributed by atoms with Gasteiger partial charge in [-0.1, -0.05) is 32.6 Å². The number of phenolic OH excluding ortho intramolecular Hbond substituents is 2. The SMILES string of the molecule is C=C(C1CCN(Cc2ccc(-n3c(-c4cc(C(C)C)c(O)cc4O)n[nH]c3=O)cc2)CC1)N1CCNCC1. The molecule has 3 heterocycles. The van der Waals surface area contributed by atoms with Gasteiger partial charge in [0.1, 0.15) is 11.5 Å². The molecule has 2 fully saturated rings. The van der Waals surface area contributed by atoms with E-state index in [1.165, 1.54) is 21.9 Å². The summed E-state index contributed by atoms with van der Waals surface area (Å²) in [4.78, 5) is 17.6. The number of hydrogen-bond donors (Lipinski definition) is 4. The number of hydrogen-bond acceptors (Lipinski definition) is 7. The lowest BCUT2D eigenvalue weighted by molar-refractivity contribution is 0.166. The molecular weight excluding hydrogens is 480 g/mol. The van der Waals surface area contributed by atoms with Gasteiger partial charge in [-0.2, -0.15) is 5.10 Å². The van der Waals surface area contributed by atoms with Crippen molar-refractivity contribution in [2.75, 3.05) is 39.3 Å². The van der Waals surface area contributed by atoms with Gasteiger partial charge in [-0.3, -0.25) is 4.90 Å². The molecule has 0 saturated carbocycles. The highest BCUT2D eigenvalue weighted by Crippen LogP contribution is 2.37. The van der Waals surface area contributed by atoms with E-state index in [2.05, 4.69) is 31.9 Å². The molecule has 3 aromatic rings. The predicted octanol–water partition coefficient (Wildman–Crippen LogP) is 3.39. The Bertz CT molecular complexity index is 1330. The molecule has 0 radical (unpaired) electrons. The highest BCUT2D eigenvalue weighted by atomic mass is 16.3. The second kappa shape index (κ2) is 11.0. The van der Waals surface area contributed by atoms with Crippen LogP contribution in [0.25, 0.3) is 17.1 Å². The Morgan fingerprint density at radius 3 is 2.39 bits per heavy atom. The number of nitrogens with zero attached hydrogens (tertiary/aromatic N) is 4. The number of H-pyrrole nitrogens is 1. The van der Waals surface area contributed by atoms with Crippen LogP contribution in [0.2, 0.25) is 0 Å². The van der Waals surface area contributed by atoms with Crippen LogP contribution in [0, 0.1) is 5.92 Å². The summed E-state index contributed by atoms with van der Waals surface area (Å²) in [6.45, 7) is 15.5. The van der Waals surface area contributed by atoms with E-state index in [9.17, 15) is 15.0 Å². The van der Waals surface area contributed by atoms with E-state index >= 15 is 0 Å². The number of aromatic amines is 1. The van der Waals surface area contributed by atoms with Crippen LogP contribution in [0.5, 0.6) is 11.5 Å². The lowest BCUT2D eigenvalue weighted by atomic mass is 9.92. The van der Waals surface area contributed by atoms with Gasteiger partial charge in [-0.05, 0) is 61.2 Å². The number of likely N-dealkylation sites (tertiary alicyclic amines) is 1. The van der Waals surface area contributed by atoms with Crippen LogP contribution in [-0.2, 0) is 6.54 Å². The Morgan fingerprint density at radius 1 is 1.05 bits per heavy atom. The van der Waals surface area contributed by atoms with E-state index in [1.54, 1.807) is 6.07 Å². The number of aromatic hydroxyl groups is 2. The molecule has 2 saturated heterocycles. The molecule has 9 nitrogen and oxygen atoms in total. The van der Waals surface area contributed by atoms with Crippen LogP contribution in [-0.4, -0.2) is 74.0 Å². The van der Waals surface area contributed by atoms with Crippen molar-refractivity contribution in [3.05, 3.63) is 70.3 Å². The summed E-state index contributed by atoms with van der Waals surface area (Å²) >= 11 is 0. The second-order valence-corrected chi connectivity index (χ2v) is 10.7. The fourth-order valence-electron chi connectivity index (χ4n) is 5.60. The number of piperazine rings is 1. The first-order chi connectivity index (χ1) is 18.3. The van der Waals surface area contributed by atoms with Crippen molar-refractivity contribution in [2.45, 2.75) is 39.2 Å². The monoisotopic (exact) mass is 518 g/mol. The number of benzene rings is 2. The highest BCUT2D eigenvalue weighted by molar-refractivity contribution is 5.69. The van der Waals surface area contributed by atoms with Crippen molar-refractivity contribution in [3.63, 3.8) is 0 Å². The summed E-state index contributed by atoms with van der Waals surface area (Å²) < 4.78 is 1.45. The van der Waals surface area contributed by atoms with E-state index in [1.807, 2.05) is 38.1 Å². The maximum atomic E-state index is 12.7. The molecule has 2 aliphatic rings. The summed E-state index contributed by atoms with van der Waals surface area (Å²) in [6, 6.07) is 10.9. The normalized spacial score (nSPS) is 17.3. The summed E-state index contributed by atoms with van der Waals surface area (Å²) in [6.07, 6.45) is 2.26. The fourth-order valence-corrected chi connectivity index (χ4v) is 5.60. The number of piperidine rings is 1. The largest absolute Gasteiger partial charge is 0.508 e. The maximum Gasteiger partial charge on any atom is 0.348 e. The van der Waals surface area contributed by atoms with Crippen LogP contribution in [0.15, 0.2) is 53.5 Å². The van der Waals surface area contributed by atoms with Gasteiger partial charge in [0, 0.05) is 50.4 Å². The standard InChI is InChI=1S/C29H38N6O3/c1-19(2)24-16-25(27(37)17-26(24)36)28-31-32-29(38)35(28)23-6-4-21(5-7-23)18-33-12-8-22(9-13-33)20(3)34-14-10-30-11-15-34/h4-7,16-17,19,22,30,36-37H,3,8-15,18H2,1-2H3,(H,32,38). The minimum absolute atomic E-state index is 0.0205. The van der Waals surface area contributed by atoms with E-state index < -0.39 is 5.69 Å². The lowest BCUT2D eigenvalue weighted by Gasteiger charge is -2.39. The third kappa shape index (κ3) is 5.35. The summed E-state index contributed by atoms with van der Waals surface area (Å²) in [5.74, 6) is 0.788. The third-order valence-corrected chi connectivity index (χ3v) is 7.86. The number of aromatic nitrogens is 3. The molecule has 2 aromatic carbocycles. The fraction of sp³-hybridized carbons (Fsp3) is 0.448. The molecule has 4 N–H and O–H groups in total. The van der Waals surface area contributed by atoms with Crippen molar-refractivity contribution in [3.8, 4) is 28.6 Å². The minimum Gasteiger partial charge on any atom is -0.508 e. The molecule has 0 spiro atoms. The molecule has 9 heteroatoms. The third-order valence-electron chi connectivity index (χ3n) is 7.86. The quantitative estimate of drug-likeness (QED) is 0.380. The maximum absolute atomic E-state index is 12.7. The number of allylic oxidation sites excluding steroid dienone is 1. The number of phenols is 2. The van der Waals surface area contributed by atoms with Crippen LogP contribution >= 0.6 is 0 Å². The summed E-state index contributed by atoms with van der Waals surface area (Å²) in [5, 5.41) is 30.9. The molecule has 0 amide bonds. The van der Waals surface area contributed by atoms with E-state index in [-0.39, 0.29) is 17.4 Å². The lowest BCUT2D eigenvalue weighted by Crippen LogP contribution is -2.45. The zero-order chi connectivity index (χ0) is 26.8. The Kier molecular flexibility index (Phi) is 7.58. The molecule has 5 rings (SSSR count). The molecule has 38 heavy (non-hydrogen) atoms.